The molecule has 302 valence electrons. The van der Waals surface area contributed by atoms with Crippen molar-refractivity contribution in [3.8, 4) is 0 Å². The van der Waals surface area contributed by atoms with E-state index in [0.717, 1.165) is 6.42 Å². The lowest BCUT2D eigenvalue weighted by Crippen LogP contribution is -2.63. The van der Waals surface area contributed by atoms with Crippen molar-refractivity contribution in [3.05, 3.63) is 12.2 Å². The number of aliphatic hydroxyl groups excluding tert-OH is 1. The highest BCUT2D eigenvalue weighted by Crippen LogP contribution is 2.54. The number of hydrogen-bond donors (Lipinski definition) is 3. The van der Waals surface area contributed by atoms with E-state index in [1.54, 1.807) is 26.0 Å². The summed E-state index contributed by atoms with van der Waals surface area (Å²) in [7, 11) is 0. The van der Waals surface area contributed by atoms with Crippen LogP contribution in [0.15, 0.2) is 12.2 Å². The Morgan fingerprint density at radius 1 is 0.849 bits per heavy atom. The molecule has 0 saturated carbocycles. The van der Waals surface area contributed by atoms with Gasteiger partial charge >= 0.3 is 5.97 Å². The fourth-order valence-corrected chi connectivity index (χ4v) is 10.3. The van der Waals surface area contributed by atoms with Crippen LogP contribution in [-0.4, -0.2) is 92.3 Å². The fraction of sp³-hybridized carbons (Fsp3) is 0.881. The summed E-state index contributed by atoms with van der Waals surface area (Å²) in [6, 6.07) is 0. The Balaban J connectivity index is 1.31. The second-order valence-corrected chi connectivity index (χ2v) is 17.7. The maximum Gasteiger partial charge on any atom is 0.309 e. The smallest absolute Gasteiger partial charge is 0.309 e. The maximum atomic E-state index is 14.4. The topological polar surface area (TPSA) is 158 Å². The number of ether oxygens (including phenoxy) is 5. The third kappa shape index (κ3) is 7.83. The molecule has 0 aromatic rings. The number of hydrogen-bond acceptors (Lipinski definition) is 10. The lowest BCUT2D eigenvalue weighted by Gasteiger charge is -2.54. The lowest BCUT2D eigenvalue weighted by molar-refractivity contribution is -0.409. The van der Waals surface area contributed by atoms with Crippen LogP contribution in [-0.2, 0) is 38.1 Å². The minimum absolute atomic E-state index is 0.0160. The van der Waals surface area contributed by atoms with E-state index in [9.17, 15) is 29.7 Å². The predicted molar refractivity (Wildman–Crippen MR) is 198 cm³/mol. The molecule has 17 atom stereocenters. The van der Waals surface area contributed by atoms with Gasteiger partial charge in [-0.3, -0.25) is 14.4 Å². The van der Waals surface area contributed by atoms with Gasteiger partial charge in [-0.1, -0.05) is 48.5 Å². The summed E-state index contributed by atoms with van der Waals surface area (Å²) in [5.74, 6) is -6.73. The average Bonchev–Trinajstić information content (AvgIpc) is 3.47. The molecule has 0 bridgehead atoms. The molecule has 53 heavy (non-hydrogen) atoms. The van der Waals surface area contributed by atoms with Gasteiger partial charge in [-0.15, -0.1) is 0 Å². The van der Waals surface area contributed by atoms with E-state index in [2.05, 4.69) is 13.8 Å². The molecule has 0 radical (unpaired) electrons. The molecular formula is C42H68O11. The molecule has 11 heteroatoms. The summed E-state index contributed by atoms with van der Waals surface area (Å²) in [6.45, 7) is 19.3. The molecule has 5 aliphatic rings. The molecule has 4 fully saturated rings. The summed E-state index contributed by atoms with van der Waals surface area (Å²) in [5.41, 5.74) is -1.65. The molecule has 3 N–H and O–H groups in total. The van der Waals surface area contributed by atoms with Crippen molar-refractivity contribution < 1.29 is 53.4 Å². The van der Waals surface area contributed by atoms with E-state index >= 15 is 0 Å². The van der Waals surface area contributed by atoms with Crippen molar-refractivity contribution in [2.24, 2.45) is 41.4 Å². The molecule has 0 aromatic carbocycles. The number of rotatable bonds is 12. The van der Waals surface area contributed by atoms with Gasteiger partial charge in [0.25, 0.3) is 0 Å². The van der Waals surface area contributed by atoms with Gasteiger partial charge in [-0.05, 0) is 103 Å². The fourth-order valence-electron chi connectivity index (χ4n) is 10.3. The summed E-state index contributed by atoms with van der Waals surface area (Å²) in [5, 5.41) is 32.2. The largest absolute Gasteiger partial charge is 0.481 e. The molecule has 0 unspecified atom stereocenters. The summed E-state index contributed by atoms with van der Waals surface area (Å²) in [6.07, 6.45) is 6.06. The van der Waals surface area contributed by atoms with Crippen LogP contribution in [0.25, 0.3) is 0 Å². The van der Waals surface area contributed by atoms with Crippen LogP contribution < -0.4 is 0 Å². The molecule has 5 rings (SSSR count). The minimum atomic E-state index is -1.38. The van der Waals surface area contributed by atoms with Crippen LogP contribution in [0, 0.1) is 41.4 Å². The van der Waals surface area contributed by atoms with Crippen LogP contribution in [0.2, 0.25) is 0 Å². The molecule has 0 aromatic heterocycles. The van der Waals surface area contributed by atoms with Crippen LogP contribution in [0.4, 0.5) is 0 Å². The van der Waals surface area contributed by atoms with Crippen molar-refractivity contribution >= 4 is 17.5 Å². The normalized spacial score (nSPS) is 45.5. The average molecular weight is 749 g/mol. The molecule has 5 heterocycles. The van der Waals surface area contributed by atoms with Gasteiger partial charge in [-0.25, -0.2) is 0 Å². The molecule has 5 aliphatic heterocycles. The number of Topliss-reactive ketones (excluding diaryl/α,β-unsaturated/α-hetero) is 2. The van der Waals surface area contributed by atoms with Crippen LogP contribution >= 0.6 is 0 Å². The first-order valence-electron chi connectivity index (χ1n) is 20.6. The Morgan fingerprint density at radius 2 is 1.53 bits per heavy atom. The third-order valence-electron chi connectivity index (χ3n) is 14.2. The first kappa shape index (κ1) is 42.4. The first-order chi connectivity index (χ1) is 24.8. The van der Waals surface area contributed by atoms with Crippen molar-refractivity contribution in [1.82, 2.24) is 0 Å². The molecular weight excluding hydrogens is 680 g/mol. The van der Waals surface area contributed by atoms with Crippen LogP contribution in [0.1, 0.15) is 133 Å². The van der Waals surface area contributed by atoms with E-state index in [0.29, 0.717) is 57.8 Å². The zero-order chi connectivity index (χ0) is 39.3. The second kappa shape index (κ2) is 16.0. The zero-order valence-corrected chi connectivity index (χ0v) is 33.8. The van der Waals surface area contributed by atoms with Gasteiger partial charge in [0, 0.05) is 24.2 Å². The van der Waals surface area contributed by atoms with Gasteiger partial charge in [0.1, 0.15) is 17.7 Å². The second-order valence-electron chi connectivity index (χ2n) is 17.7. The maximum absolute atomic E-state index is 14.4. The molecule has 0 aliphatic carbocycles. The lowest BCUT2D eigenvalue weighted by atomic mass is 9.73. The number of carbonyl (C=O) groups is 3. The van der Waals surface area contributed by atoms with Crippen molar-refractivity contribution in [2.75, 3.05) is 0 Å². The number of carboxylic acid groups (broad SMARTS) is 1. The van der Waals surface area contributed by atoms with Gasteiger partial charge in [0.05, 0.1) is 53.6 Å². The number of ketones is 2. The Bertz CT molecular complexity index is 1370. The van der Waals surface area contributed by atoms with Crippen molar-refractivity contribution in [3.63, 3.8) is 0 Å². The van der Waals surface area contributed by atoms with Crippen molar-refractivity contribution in [1.29, 1.82) is 0 Å². The summed E-state index contributed by atoms with van der Waals surface area (Å²) in [4.78, 5) is 40.3. The predicted octanol–water partition coefficient (Wildman–Crippen LogP) is 6.40. The van der Waals surface area contributed by atoms with Crippen molar-refractivity contribution in [2.45, 2.75) is 193 Å². The standard InChI is InChI=1S/C42H68O11/c1-11-29(38(46)47)31-15-14-23(4)36(50-31)27(8)34(44)26(7)35(45)30(12-2)37-24(5)22-25(6)41(51-37)19-16-32(43)42(53-41)21-20-39(10,52-42)33-17-18-40(48,13-3)28(9)49-33/h16,19,23-33,36-37,43,48H,11-15,17-18,20-22H2,1-10H3,(H,46,47)/t23-,24-,25+,26-,27-,28-,29+,30-,31+,32+,33+,36+,37-,39-,40+,41-,42-/m0/s1. The molecule has 4 saturated heterocycles. The van der Waals surface area contributed by atoms with Crippen LogP contribution in [0.3, 0.4) is 0 Å². The minimum Gasteiger partial charge on any atom is -0.481 e. The Morgan fingerprint density at radius 3 is 2.13 bits per heavy atom. The number of carbonyl (C=O) groups excluding carboxylic acids is 2. The Kier molecular flexibility index (Phi) is 12.8. The van der Waals surface area contributed by atoms with E-state index in [1.165, 1.54) is 0 Å². The van der Waals surface area contributed by atoms with E-state index in [4.69, 9.17) is 23.7 Å². The zero-order valence-electron chi connectivity index (χ0n) is 33.8. The van der Waals surface area contributed by atoms with E-state index in [1.807, 2.05) is 41.5 Å². The Hall–Kier alpha value is -1.73. The van der Waals surface area contributed by atoms with Gasteiger partial charge in [-0.2, -0.15) is 0 Å². The monoisotopic (exact) mass is 748 g/mol. The highest BCUT2D eigenvalue weighted by atomic mass is 16.8. The van der Waals surface area contributed by atoms with E-state index in [-0.39, 0.29) is 41.5 Å². The third-order valence-corrected chi connectivity index (χ3v) is 14.2. The Labute approximate surface area is 316 Å². The highest BCUT2D eigenvalue weighted by molar-refractivity contribution is 6.04. The van der Waals surface area contributed by atoms with Gasteiger partial charge in [0.15, 0.2) is 5.79 Å². The van der Waals surface area contributed by atoms with Gasteiger partial charge in [0.2, 0.25) is 5.79 Å². The number of aliphatic carboxylic acids is 1. The number of aliphatic hydroxyl groups is 2. The molecule has 2 spiro atoms. The van der Waals surface area contributed by atoms with Gasteiger partial charge < -0.3 is 39.0 Å². The van der Waals surface area contributed by atoms with E-state index < -0.39 is 76.8 Å². The summed E-state index contributed by atoms with van der Waals surface area (Å²) < 4.78 is 33.4. The number of carboxylic acids is 1. The summed E-state index contributed by atoms with van der Waals surface area (Å²) >= 11 is 0. The first-order valence-corrected chi connectivity index (χ1v) is 20.6. The molecule has 11 nitrogen and oxygen atoms in total. The SMILES string of the molecule is CC[C@@H](C(=O)[C@@H](C)C(=O)[C@H](C)[C@@H]1O[C@@H]([C@@H](CC)C(=O)O)CC[C@@H]1C)[C@H]1O[C@]2(C=C[C@@H](O)[C@]3(CC[C@@](C)([C@H]4CC[C@](O)(CC)[C@H](C)O4)O3)O2)[C@H](C)C[C@@H]1C. The highest BCUT2D eigenvalue weighted by Gasteiger charge is 2.63. The van der Waals surface area contributed by atoms with Crippen LogP contribution in [0.5, 0.6) is 0 Å². The molecule has 0 amide bonds. The quantitative estimate of drug-likeness (QED) is 0.150.